The van der Waals surface area contributed by atoms with E-state index in [0.717, 1.165) is 35.2 Å². The fourth-order valence-corrected chi connectivity index (χ4v) is 6.52. The van der Waals surface area contributed by atoms with Crippen molar-refractivity contribution in [2.24, 2.45) is 17.6 Å². The average molecular weight is 533 g/mol. The highest BCUT2D eigenvalue weighted by molar-refractivity contribution is 6.24. The van der Waals surface area contributed by atoms with Crippen LogP contribution in [0.2, 0.25) is 0 Å². The number of nitrogens with two attached hydrogens (primary N) is 1. The van der Waals surface area contributed by atoms with E-state index in [0.29, 0.717) is 5.56 Å². The van der Waals surface area contributed by atoms with Gasteiger partial charge in [0.1, 0.15) is 22.8 Å². The average Bonchev–Trinajstić information content (AvgIpc) is 2.85. The second kappa shape index (κ2) is 9.36. The van der Waals surface area contributed by atoms with Gasteiger partial charge in [-0.2, -0.15) is 0 Å². The van der Waals surface area contributed by atoms with Crippen molar-refractivity contribution in [3.63, 3.8) is 0 Å². The van der Waals surface area contributed by atoms with Gasteiger partial charge in [-0.3, -0.25) is 14.4 Å². The Morgan fingerprint density at radius 2 is 1.79 bits per heavy atom. The molecule has 2 aromatic rings. The molecular weight excluding hydrogens is 500 g/mol. The lowest BCUT2D eigenvalue weighted by Crippen LogP contribution is -2.57. The van der Waals surface area contributed by atoms with E-state index in [1.807, 2.05) is 21.0 Å². The van der Waals surface area contributed by atoms with Gasteiger partial charge in [0.2, 0.25) is 5.78 Å². The first-order valence-corrected chi connectivity index (χ1v) is 13.0. The predicted molar refractivity (Wildman–Crippen MR) is 143 cm³/mol. The summed E-state index contributed by atoms with van der Waals surface area (Å²) in [5, 5.41) is 43.8. The largest absolute Gasteiger partial charge is 0.511 e. The van der Waals surface area contributed by atoms with Crippen LogP contribution in [0.25, 0.3) is 11.1 Å². The Kier molecular flexibility index (Phi) is 6.39. The number of carbonyl (C=O) groups excluding carboxylic acids is 3. The first kappa shape index (κ1) is 26.6. The molecule has 5 rings (SSSR count). The minimum atomic E-state index is -2.57. The number of hydrogen-bond donors (Lipinski definition) is 5. The predicted octanol–water partition coefficient (Wildman–Crippen LogP) is 2.87. The van der Waals surface area contributed by atoms with E-state index in [9.17, 15) is 34.8 Å². The summed E-state index contributed by atoms with van der Waals surface area (Å²) >= 11 is 0. The molecule has 9 heteroatoms. The van der Waals surface area contributed by atoms with Crippen molar-refractivity contribution in [2.75, 3.05) is 14.1 Å². The highest BCUT2D eigenvalue weighted by Gasteiger charge is 2.59. The molecule has 0 saturated carbocycles. The van der Waals surface area contributed by atoms with Gasteiger partial charge in [-0.15, -0.1) is 0 Å². The maximum Gasteiger partial charge on any atom is 0.255 e. The molecule has 0 bridgehead atoms. The van der Waals surface area contributed by atoms with E-state index < -0.39 is 52.0 Å². The van der Waals surface area contributed by atoms with Crippen molar-refractivity contribution >= 4 is 17.5 Å². The number of allylic oxidation sites excluding steroid dienone is 2. The highest BCUT2D eigenvalue weighted by Crippen LogP contribution is 2.52. The number of hydrogen-bond acceptors (Lipinski definition) is 8. The zero-order valence-electron chi connectivity index (χ0n) is 22.1. The molecule has 3 aliphatic rings. The number of amides is 1. The van der Waals surface area contributed by atoms with Crippen LogP contribution in [0.15, 0.2) is 53.0 Å². The molecule has 0 saturated heterocycles. The van der Waals surface area contributed by atoms with Gasteiger partial charge in [0.15, 0.2) is 11.4 Å². The zero-order chi connectivity index (χ0) is 28.4. The minimum absolute atomic E-state index is 0.0178. The second-order valence-corrected chi connectivity index (χ2v) is 11.0. The fourth-order valence-electron chi connectivity index (χ4n) is 6.52. The van der Waals surface area contributed by atoms with E-state index >= 15 is 0 Å². The fraction of sp³-hybridized carbons (Fsp3) is 0.367. The van der Waals surface area contributed by atoms with Gasteiger partial charge in [0.25, 0.3) is 5.91 Å². The maximum atomic E-state index is 13.9. The lowest BCUT2D eigenvalue weighted by molar-refractivity contribution is -0.144. The van der Waals surface area contributed by atoms with Gasteiger partial charge >= 0.3 is 0 Å². The Balaban J connectivity index is 1.68. The quantitative estimate of drug-likeness (QED) is 0.367. The topological polar surface area (TPSA) is 161 Å². The van der Waals surface area contributed by atoms with Crippen LogP contribution in [0.3, 0.4) is 0 Å². The van der Waals surface area contributed by atoms with Crippen molar-refractivity contribution in [3.05, 3.63) is 75.3 Å². The van der Waals surface area contributed by atoms with Gasteiger partial charge in [-0.25, -0.2) is 0 Å². The smallest absolute Gasteiger partial charge is 0.255 e. The van der Waals surface area contributed by atoms with Crippen LogP contribution in [0.1, 0.15) is 46.8 Å². The molecule has 0 heterocycles. The van der Waals surface area contributed by atoms with Crippen molar-refractivity contribution in [1.29, 1.82) is 0 Å². The minimum Gasteiger partial charge on any atom is -0.511 e. The van der Waals surface area contributed by atoms with Gasteiger partial charge in [0, 0.05) is 24.5 Å². The SMILES string of the molecule is CCc1ccc(CN(C)C)cc1-c1ccc(O)c2c1C[C@H]1C[C@H]3CC(O)=C(C(N)=O)C(=O)[C@@]3(O)C(O)=C1C2=O. The molecule has 0 spiro atoms. The van der Waals surface area contributed by atoms with Crippen molar-refractivity contribution in [1.82, 2.24) is 4.90 Å². The Bertz CT molecular complexity index is 1500. The number of primary amides is 1. The number of aliphatic hydroxyl groups is 3. The summed E-state index contributed by atoms with van der Waals surface area (Å²) in [6, 6.07) is 9.46. The summed E-state index contributed by atoms with van der Waals surface area (Å²) < 4.78 is 0. The number of benzene rings is 2. The molecule has 0 aromatic heterocycles. The number of Topliss-reactive ketones (excluding diaryl/α,β-unsaturated/α-hetero) is 2. The Morgan fingerprint density at radius 1 is 1.08 bits per heavy atom. The first-order valence-electron chi connectivity index (χ1n) is 13.0. The molecule has 3 aliphatic carbocycles. The molecule has 3 atom stereocenters. The van der Waals surface area contributed by atoms with Gasteiger partial charge in [-0.05, 0) is 79.2 Å². The van der Waals surface area contributed by atoms with Gasteiger partial charge in [0.05, 0.1) is 5.56 Å². The number of rotatable bonds is 5. The van der Waals surface area contributed by atoms with E-state index in [-0.39, 0.29) is 36.1 Å². The molecule has 204 valence electrons. The van der Waals surface area contributed by atoms with Crippen molar-refractivity contribution < 1.29 is 34.8 Å². The molecule has 0 radical (unpaired) electrons. The normalized spacial score (nSPS) is 24.5. The van der Waals surface area contributed by atoms with Crippen LogP contribution in [0.4, 0.5) is 0 Å². The lowest BCUT2D eigenvalue weighted by atomic mass is 9.60. The molecule has 39 heavy (non-hydrogen) atoms. The van der Waals surface area contributed by atoms with E-state index in [4.69, 9.17) is 5.73 Å². The molecule has 0 unspecified atom stereocenters. The molecule has 0 fully saturated rings. The van der Waals surface area contributed by atoms with Crippen LogP contribution >= 0.6 is 0 Å². The number of carbonyl (C=O) groups is 3. The third kappa shape index (κ3) is 3.95. The van der Waals surface area contributed by atoms with Crippen LogP contribution in [-0.2, 0) is 29.0 Å². The summed E-state index contributed by atoms with van der Waals surface area (Å²) in [6.45, 7) is 2.77. The Hall–Kier alpha value is -3.95. The molecule has 1 amide bonds. The van der Waals surface area contributed by atoms with E-state index in [1.165, 1.54) is 6.07 Å². The monoisotopic (exact) mass is 532 g/mol. The third-order valence-corrected chi connectivity index (χ3v) is 8.29. The number of nitrogens with zero attached hydrogens (tertiary/aromatic N) is 1. The third-order valence-electron chi connectivity index (χ3n) is 8.29. The molecular formula is C30H32N2O7. The van der Waals surface area contributed by atoms with E-state index in [2.05, 4.69) is 23.1 Å². The molecule has 6 N–H and O–H groups in total. The number of aryl methyl sites for hydroxylation is 1. The van der Waals surface area contributed by atoms with Crippen molar-refractivity contribution in [2.45, 2.75) is 44.8 Å². The number of aliphatic hydroxyl groups excluding tert-OH is 2. The number of fused-ring (bicyclic) bond motifs is 3. The standard InChI is InChI=1S/C30H32N2O7/c1-4-15-6-5-14(13-32(2)3)9-19(15)18-7-8-21(33)24-20(18)11-16-10-17-12-22(34)25(29(31)38)28(37)30(17,39)27(36)23(16)26(24)35/h5-9,16-17,33-34,36,39H,4,10-13H2,1-3H3,(H2,31,38)/t16-,17+,30+/m1/s1. The van der Waals surface area contributed by atoms with Crippen LogP contribution in [0.5, 0.6) is 5.75 Å². The Labute approximate surface area is 225 Å². The lowest BCUT2D eigenvalue weighted by Gasteiger charge is -2.45. The summed E-state index contributed by atoms with van der Waals surface area (Å²) in [5.74, 6) is -6.33. The summed E-state index contributed by atoms with van der Waals surface area (Å²) in [7, 11) is 3.96. The van der Waals surface area contributed by atoms with E-state index in [1.54, 1.807) is 6.07 Å². The number of phenolic OH excluding ortho intramolecular Hbond substituents is 1. The van der Waals surface area contributed by atoms with Crippen molar-refractivity contribution in [3.8, 4) is 16.9 Å². The highest BCUT2D eigenvalue weighted by atomic mass is 16.3. The molecule has 0 aliphatic heterocycles. The maximum absolute atomic E-state index is 13.9. The van der Waals surface area contributed by atoms with Crippen LogP contribution < -0.4 is 5.73 Å². The Morgan fingerprint density at radius 3 is 2.44 bits per heavy atom. The van der Waals surface area contributed by atoms with Crippen LogP contribution in [-0.4, -0.2) is 62.5 Å². The molecule has 9 nitrogen and oxygen atoms in total. The first-order chi connectivity index (χ1) is 18.4. The molecule has 2 aromatic carbocycles. The summed E-state index contributed by atoms with van der Waals surface area (Å²) in [6.07, 6.45) is 0.856. The van der Waals surface area contributed by atoms with Gasteiger partial charge < -0.3 is 31.1 Å². The number of phenols is 1. The van der Waals surface area contributed by atoms with Crippen LogP contribution in [0, 0.1) is 11.8 Å². The second-order valence-electron chi connectivity index (χ2n) is 11.0. The summed E-state index contributed by atoms with van der Waals surface area (Å²) in [5.41, 5.74) is 6.30. The number of ketones is 2. The van der Waals surface area contributed by atoms with Gasteiger partial charge in [-0.1, -0.05) is 25.1 Å². The summed E-state index contributed by atoms with van der Waals surface area (Å²) in [4.78, 5) is 40.9. The number of aromatic hydroxyl groups is 1. The zero-order valence-corrected chi connectivity index (χ0v) is 22.1.